The van der Waals surface area contributed by atoms with Crippen LogP contribution in [-0.2, 0) is 16.1 Å². The monoisotopic (exact) mass is 330 g/mol. The van der Waals surface area contributed by atoms with E-state index in [9.17, 15) is 9.59 Å². The minimum absolute atomic E-state index is 0.259. The molecule has 7 heteroatoms. The number of fused-ring (bicyclic) bond motifs is 1. The second kappa shape index (κ2) is 5.99. The number of amides is 1. The molecule has 0 bridgehead atoms. The molecule has 2 aromatic rings. The van der Waals surface area contributed by atoms with Crippen LogP contribution < -0.4 is 9.64 Å². The third-order valence-corrected chi connectivity index (χ3v) is 4.07. The molecule has 1 aliphatic rings. The third-order valence-electron chi connectivity index (χ3n) is 4.07. The Balaban J connectivity index is 2.02. The average molecular weight is 330 g/mol. The van der Waals surface area contributed by atoms with E-state index >= 15 is 0 Å². The fraction of sp³-hybridized carbons (Fsp3) is 0.353. The zero-order valence-corrected chi connectivity index (χ0v) is 13.7. The van der Waals surface area contributed by atoms with Crippen molar-refractivity contribution >= 4 is 17.6 Å². The van der Waals surface area contributed by atoms with E-state index in [1.54, 1.807) is 24.0 Å². The number of ether oxygens (including phenoxy) is 1. The summed E-state index contributed by atoms with van der Waals surface area (Å²) in [5, 5.41) is 12.9. The highest BCUT2D eigenvalue weighted by atomic mass is 16.5. The van der Waals surface area contributed by atoms with Gasteiger partial charge in [-0.15, -0.1) is 0 Å². The third kappa shape index (κ3) is 2.84. The lowest BCUT2D eigenvalue weighted by Gasteiger charge is -2.34. The number of rotatable bonds is 4. The topological polar surface area (TPSA) is 92.9 Å². The maximum absolute atomic E-state index is 12.7. The Labute approximate surface area is 138 Å². The molecule has 1 aliphatic heterocycles. The molecule has 1 aromatic heterocycles. The first-order valence-electron chi connectivity index (χ1n) is 7.59. The van der Waals surface area contributed by atoms with Gasteiger partial charge in [-0.2, -0.15) is 0 Å². The lowest BCUT2D eigenvalue weighted by molar-refractivity contribution is -0.142. The number of carboxylic acids is 1. The quantitative estimate of drug-likeness (QED) is 0.925. The summed E-state index contributed by atoms with van der Waals surface area (Å²) in [5.74, 6) is -0.321. The van der Waals surface area contributed by atoms with Crippen LogP contribution in [0.4, 0.5) is 5.69 Å². The van der Waals surface area contributed by atoms with E-state index in [0.29, 0.717) is 22.9 Å². The molecule has 24 heavy (non-hydrogen) atoms. The minimum Gasteiger partial charge on any atom is -0.481 e. The van der Waals surface area contributed by atoms with E-state index < -0.39 is 12.1 Å². The standard InChI is InChI=1S/C17H18N2O5/c1-9-4-5-13-14(6-9)23-15(7-16(20)21)17(22)19(13)8-12-10(2)18-24-11(12)3/h4-6,15H,7-8H2,1-3H3,(H,20,21). The van der Waals surface area contributed by atoms with Crippen LogP contribution in [0.3, 0.4) is 0 Å². The fourth-order valence-corrected chi connectivity index (χ4v) is 2.77. The van der Waals surface area contributed by atoms with Gasteiger partial charge in [0.25, 0.3) is 5.91 Å². The van der Waals surface area contributed by atoms with Crippen molar-refractivity contribution in [3.8, 4) is 5.75 Å². The van der Waals surface area contributed by atoms with Crippen molar-refractivity contribution in [2.45, 2.75) is 39.8 Å². The van der Waals surface area contributed by atoms with Crippen molar-refractivity contribution in [2.75, 3.05) is 4.90 Å². The molecule has 0 saturated heterocycles. The molecule has 0 saturated carbocycles. The summed E-state index contributed by atoms with van der Waals surface area (Å²) < 4.78 is 10.8. The van der Waals surface area contributed by atoms with Crippen LogP contribution in [0, 0.1) is 20.8 Å². The smallest absolute Gasteiger partial charge is 0.307 e. The molecule has 0 spiro atoms. The van der Waals surface area contributed by atoms with Crippen molar-refractivity contribution < 1.29 is 24.0 Å². The number of carbonyl (C=O) groups is 2. The average Bonchev–Trinajstić information content (AvgIpc) is 2.82. The van der Waals surface area contributed by atoms with E-state index in [4.69, 9.17) is 14.4 Å². The van der Waals surface area contributed by atoms with Crippen LogP contribution in [0.15, 0.2) is 22.7 Å². The Bertz CT molecular complexity index is 792. The van der Waals surface area contributed by atoms with Gasteiger partial charge in [0, 0.05) is 5.56 Å². The highest BCUT2D eigenvalue weighted by Crippen LogP contribution is 2.37. The lowest BCUT2D eigenvalue weighted by Crippen LogP contribution is -2.46. The van der Waals surface area contributed by atoms with Gasteiger partial charge in [-0.25, -0.2) is 0 Å². The first-order chi connectivity index (χ1) is 11.4. The molecule has 7 nitrogen and oxygen atoms in total. The second-order valence-corrected chi connectivity index (χ2v) is 5.90. The Morgan fingerprint density at radius 2 is 2.08 bits per heavy atom. The van der Waals surface area contributed by atoms with Gasteiger partial charge >= 0.3 is 5.97 Å². The zero-order chi connectivity index (χ0) is 17.4. The Morgan fingerprint density at radius 3 is 2.71 bits per heavy atom. The van der Waals surface area contributed by atoms with Crippen molar-refractivity contribution in [1.82, 2.24) is 5.16 Å². The van der Waals surface area contributed by atoms with Crippen molar-refractivity contribution in [3.05, 3.63) is 40.8 Å². The highest BCUT2D eigenvalue weighted by molar-refractivity contribution is 6.01. The van der Waals surface area contributed by atoms with Gasteiger partial charge in [0.05, 0.1) is 24.3 Å². The van der Waals surface area contributed by atoms with Crippen LogP contribution in [0.1, 0.15) is 29.0 Å². The van der Waals surface area contributed by atoms with Crippen LogP contribution in [0.25, 0.3) is 0 Å². The van der Waals surface area contributed by atoms with Crippen LogP contribution >= 0.6 is 0 Å². The van der Waals surface area contributed by atoms with Gasteiger partial charge < -0.3 is 19.3 Å². The Kier molecular flexibility index (Phi) is 4.01. The highest BCUT2D eigenvalue weighted by Gasteiger charge is 2.36. The number of hydrogen-bond donors (Lipinski definition) is 1. The zero-order valence-electron chi connectivity index (χ0n) is 13.7. The maximum Gasteiger partial charge on any atom is 0.307 e. The van der Waals surface area contributed by atoms with E-state index in [0.717, 1.165) is 11.1 Å². The molecule has 1 unspecified atom stereocenters. The molecule has 3 rings (SSSR count). The molecule has 1 N–H and O–H groups in total. The lowest BCUT2D eigenvalue weighted by atomic mass is 10.1. The van der Waals surface area contributed by atoms with E-state index in [1.165, 1.54) is 0 Å². The van der Waals surface area contributed by atoms with Crippen molar-refractivity contribution in [1.29, 1.82) is 0 Å². The van der Waals surface area contributed by atoms with Crippen LogP contribution in [0.5, 0.6) is 5.75 Å². The number of anilines is 1. The normalized spacial score (nSPS) is 16.7. The summed E-state index contributed by atoms with van der Waals surface area (Å²) >= 11 is 0. The predicted molar refractivity (Wildman–Crippen MR) is 85.0 cm³/mol. The number of aromatic nitrogens is 1. The van der Waals surface area contributed by atoms with Gasteiger partial charge in [0.2, 0.25) is 0 Å². The molecular weight excluding hydrogens is 312 g/mol. The van der Waals surface area contributed by atoms with Gasteiger partial charge in [-0.05, 0) is 38.5 Å². The number of aliphatic carboxylic acids is 1. The second-order valence-electron chi connectivity index (χ2n) is 5.90. The van der Waals surface area contributed by atoms with E-state index in [1.807, 2.05) is 19.9 Å². The fourth-order valence-electron chi connectivity index (χ4n) is 2.77. The maximum atomic E-state index is 12.7. The largest absolute Gasteiger partial charge is 0.481 e. The SMILES string of the molecule is Cc1ccc2c(c1)OC(CC(=O)O)C(=O)N2Cc1c(C)noc1C. The number of hydrogen-bond acceptors (Lipinski definition) is 5. The predicted octanol–water partition coefficient (Wildman–Crippen LogP) is 2.37. The van der Waals surface area contributed by atoms with Gasteiger partial charge in [0.15, 0.2) is 6.10 Å². The summed E-state index contributed by atoms with van der Waals surface area (Å²) in [6, 6.07) is 5.49. The number of benzene rings is 1. The van der Waals surface area contributed by atoms with Crippen LogP contribution in [0.2, 0.25) is 0 Å². The van der Waals surface area contributed by atoms with Crippen molar-refractivity contribution in [2.24, 2.45) is 0 Å². The summed E-state index contributed by atoms with van der Waals surface area (Å²) in [4.78, 5) is 25.3. The van der Waals surface area contributed by atoms with Gasteiger partial charge in [-0.3, -0.25) is 9.59 Å². The molecule has 0 fully saturated rings. The van der Waals surface area contributed by atoms with E-state index in [-0.39, 0.29) is 18.9 Å². The summed E-state index contributed by atoms with van der Waals surface area (Å²) in [6.07, 6.45) is -1.43. The minimum atomic E-state index is -1.08. The molecule has 0 aliphatic carbocycles. The summed E-state index contributed by atoms with van der Waals surface area (Å²) in [6.45, 7) is 5.76. The molecule has 0 radical (unpaired) electrons. The molecular formula is C17H18N2O5. The van der Waals surface area contributed by atoms with Crippen molar-refractivity contribution in [3.63, 3.8) is 0 Å². The summed E-state index contributed by atoms with van der Waals surface area (Å²) in [7, 11) is 0. The van der Waals surface area contributed by atoms with Gasteiger partial charge in [0.1, 0.15) is 11.5 Å². The Morgan fingerprint density at radius 1 is 1.33 bits per heavy atom. The summed E-state index contributed by atoms with van der Waals surface area (Å²) in [5.41, 5.74) is 3.10. The first-order valence-corrected chi connectivity index (χ1v) is 7.59. The molecule has 1 aromatic carbocycles. The number of aryl methyl sites for hydroxylation is 3. The number of carbonyl (C=O) groups excluding carboxylic acids is 1. The first kappa shape index (κ1) is 16.0. The van der Waals surface area contributed by atoms with Crippen LogP contribution in [-0.4, -0.2) is 28.2 Å². The Hall–Kier alpha value is -2.83. The number of carboxylic acid groups (broad SMARTS) is 1. The molecule has 2 heterocycles. The van der Waals surface area contributed by atoms with Gasteiger partial charge in [-0.1, -0.05) is 11.2 Å². The molecule has 1 amide bonds. The van der Waals surface area contributed by atoms with E-state index in [2.05, 4.69) is 5.16 Å². The molecule has 126 valence electrons. The number of nitrogens with zero attached hydrogens (tertiary/aromatic N) is 2. The molecule has 1 atom stereocenters.